The van der Waals surface area contributed by atoms with Gasteiger partial charge in [0.2, 0.25) is 0 Å². The quantitative estimate of drug-likeness (QED) is 0.483. The molecular weight excluding hydrogens is 352 g/mol. The average molecular weight is 368 g/mol. The molecule has 8 nitrogen and oxygen atoms in total. The molecule has 0 unspecified atom stereocenters. The maximum Gasteiger partial charge on any atom is 0.294 e. The first kappa shape index (κ1) is 17.4. The van der Waals surface area contributed by atoms with E-state index < -0.39 is 5.56 Å². The van der Waals surface area contributed by atoms with Crippen LogP contribution in [-0.4, -0.2) is 22.0 Å². The Morgan fingerprint density at radius 3 is 2.50 bits per heavy atom. The Morgan fingerprint density at radius 1 is 1.15 bits per heavy atom. The van der Waals surface area contributed by atoms with Gasteiger partial charge in [0.1, 0.15) is 5.75 Å². The summed E-state index contributed by atoms with van der Waals surface area (Å²) < 4.78 is 6.33. The van der Waals surface area contributed by atoms with Gasteiger partial charge in [-0.25, -0.2) is 4.68 Å². The summed E-state index contributed by atoms with van der Waals surface area (Å²) >= 11 is 5.28. The van der Waals surface area contributed by atoms with Crippen molar-refractivity contribution in [2.24, 2.45) is 10.2 Å². The molecule has 0 amide bonds. The van der Waals surface area contributed by atoms with Gasteiger partial charge in [-0.2, -0.15) is 5.11 Å². The normalized spacial score (nSPS) is 10.8. The SMILES string of the molecule is COc1ccc(N=Nc2c(N)n(C(=S)Nc3ccccc3)[nH]c2=O)cc1. The first-order chi connectivity index (χ1) is 12.6. The molecule has 0 fully saturated rings. The summed E-state index contributed by atoms with van der Waals surface area (Å²) in [4.78, 5) is 12.1. The highest BCUT2D eigenvalue weighted by atomic mass is 32.1. The zero-order chi connectivity index (χ0) is 18.5. The zero-order valence-electron chi connectivity index (χ0n) is 13.8. The van der Waals surface area contributed by atoms with Crippen LogP contribution in [0.2, 0.25) is 0 Å². The Morgan fingerprint density at radius 2 is 1.85 bits per heavy atom. The molecule has 3 rings (SSSR count). The molecular formula is C17H16N6O2S. The molecule has 3 aromatic rings. The van der Waals surface area contributed by atoms with Gasteiger partial charge in [-0.3, -0.25) is 9.89 Å². The number of nitrogen functional groups attached to an aromatic ring is 1. The minimum absolute atomic E-state index is 0.0157. The van der Waals surface area contributed by atoms with E-state index in [4.69, 9.17) is 22.7 Å². The van der Waals surface area contributed by atoms with E-state index in [-0.39, 0.29) is 16.6 Å². The van der Waals surface area contributed by atoms with Crippen molar-refractivity contribution < 1.29 is 4.74 Å². The number of nitrogens with two attached hydrogens (primary N) is 1. The summed E-state index contributed by atoms with van der Waals surface area (Å²) in [5, 5.41) is 13.7. The fraction of sp³-hybridized carbons (Fsp3) is 0.0588. The molecule has 0 aliphatic rings. The van der Waals surface area contributed by atoms with E-state index in [1.54, 1.807) is 31.4 Å². The van der Waals surface area contributed by atoms with Crippen molar-refractivity contribution in [1.29, 1.82) is 0 Å². The van der Waals surface area contributed by atoms with E-state index in [0.29, 0.717) is 11.4 Å². The molecule has 0 aliphatic carbocycles. The first-order valence-electron chi connectivity index (χ1n) is 7.61. The van der Waals surface area contributed by atoms with Crippen LogP contribution in [0.15, 0.2) is 69.6 Å². The summed E-state index contributed by atoms with van der Waals surface area (Å²) in [7, 11) is 1.58. The fourth-order valence-corrected chi connectivity index (χ4v) is 2.41. The third-order valence-electron chi connectivity index (χ3n) is 3.48. The van der Waals surface area contributed by atoms with Gasteiger partial charge < -0.3 is 15.8 Å². The van der Waals surface area contributed by atoms with E-state index in [9.17, 15) is 4.79 Å². The molecule has 0 bridgehead atoms. The topological polar surface area (TPSA) is 110 Å². The molecule has 9 heteroatoms. The van der Waals surface area contributed by atoms with Crippen LogP contribution in [0.3, 0.4) is 0 Å². The largest absolute Gasteiger partial charge is 0.497 e. The molecule has 0 saturated heterocycles. The number of nitrogens with one attached hydrogen (secondary N) is 2. The van der Waals surface area contributed by atoms with E-state index in [1.807, 2.05) is 30.3 Å². The second kappa shape index (κ2) is 7.62. The monoisotopic (exact) mass is 368 g/mol. The van der Waals surface area contributed by atoms with Crippen molar-refractivity contribution in [1.82, 2.24) is 9.78 Å². The highest BCUT2D eigenvalue weighted by Gasteiger charge is 2.14. The van der Waals surface area contributed by atoms with Crippen molar-refractivity contribution >= 4 is 40.2 Å². The predicted molar refractivity (Wildman–Crippen MR) is 105 cm³/mol. The summed E-state index contributed by atoms with van der Waals surface area (Å²) in [6, 6.07) is 16.2. The van der Waals surface area contributed by atoms with Crippen LogP contribution in [0.25, 0.3) is 0 Å². The number of methoxy groups -OCH3 is 1. The predicted octanol–water partition coefficient (Wildman–Crippen LogP) is 3.43. The average Bonchev–Trinajstić information content (AvgIpc) is 2.95. The highest BCUT2D eigenvalue weighted by Crippen LogP contribution is 2.22. The van der Waals surface area contributed by atoms with Crippen LogP contribution < -0.4 is 21.3 Å². The van der Waals surface area contributed by atoms with E-state index in [2.05, 4.69) is 20.6 Å². The molecule has 0 spiro atoms. The third-order valence-corrected chi connectivity index (χ3v) is 3.76. The van der Waals surface area contributed by atoms with Gasteiger partial charge in [-0.1, -0.05) is 18.2 Å². The van der Waals surface area contributed by atoms with Crippen molar-refractivity contribution in [3.63, 3.8) is 0 Å². The minimum atomic E-state index is -0.489. The van der Waals surface area contributed by atoms with E-state index in [1.165, 1.54) is 4.68 Å². The van der Waals surface area contributed by atoms with Crippen LogP contribution in [0.1, 0.15) is 0 Å². The minimum Gasteiger partial charge on any atom is -0.497 e. The number of anilines is 2. The van der Waals surface area contributed by atoms with Gasteiger partial charge in [0.15, 0.2) is 16.6 Å². The number of rotatable bonds is 4. The van der Waals surface area contributed by atoms with Gasteiger partial charge in [0.25, 0.3) is 5.56 Å². The van der Waals surface area contributed by atoms with Crippen LogP contribution in [0.4, 0.5) is 22.9 Å². The molecule has 0 saturated carbocycles. The Balaban J connectivity index is 1.82. The standard InChI is InChI=1S/C17H16N6O2S/c1-25-13-9-7-12(8-10-13)20-21-14-15(18)23(22-16(14)24)17(26)19-11-5-3-2-4-6-11/h2-10H,18H2,1H3,(H,19,26)(H,22,24). The number of azo groups is 1. The van der Waals surface area contributed by atoms with Crippen LogP contribution in [0, 0.1) is 0 Å². The molecule has 132 valence electrons. The molecule has 1 heterocycles. The Hall–Kier alpha value is -3.46. The number of para-hydroxylation sites is 1. The lowest BCUT2D eigenvalue weighted by atomic mass is 10.3. The van der Waals surface area contributed by atoms with Gasteiger partial charge in [-0.15, -0.1) is 5.11 Å². The van der Waals surface area contributed by atoms with E-state index in [0.717, 1.165) is 5.69 Å². The second-order valence-corrected chi connectivity index (χ2v) is 5.59. The molecule has 0 aliphatic heterocycles. The number of H-pyrrole nitrogens is 1. The summed E-state index contributed by atoms with van der Waals surface area (Å²) in [5.41, 5.74) is 6.82. The zero-order valence-corrected chi connectivity index (χ0v) is 14.7. The number of benzene rings is 2. The molecule has 26 heavy (non-hydrogen) atoms. The van der Waals surface area contributed by atoms with Gasteiger partial charge in [-0.05, 0) is 48.6 Å². The number of nitrogens with zero attached hydrogens (tertiary/aromatic N) is 3. The number of aromatic amines is 1. The molecule has 1 aromatic heterocycles. The second-order valence-electron chi connectivity index (χ2n) is 5.20. The third kappa shape index (κ3) is 3.78. The van der Waals surface area contributed by atoms with Crippen molar-refractivity contribution in [3.8, 4) is 5.75 Å². The van der Waals surface area contributed by atoms with Crippen molar-refractivity contribution in [2.45, 2.75) is 0 Å². The summed E-state index contributed by atoms with van der Waals surface area (Å²) in [5.74, 6) is 0.769. The first-order valence-corrected chi connectivity index (χ1v) is 8.02. The van der Waals surface area contributed by atoms with Crippen LogP contribution in [-0.2, 0) is 0 Å². The molecule has 0 atom stereocenters. The molecule has 4 N–H and O–H groups in total. The lowest BCUT2D eigenvalue weighted by Gasteiger charge is -2.09. The maximum absolute atomic E-state index is 12.1. The van der Waals surface area contributed by atoms with Crippen LogP contribution >= 0.6 is 12.2 Å². The lowest BCUT2D eigenvalue weighted by Crippen LogP contribution is -2.23. The van der Waals surface area contributed by atoms with Crippen molar-refractivity contribution in [3.05, 3.63) is 65.0 Å². The highest BCUT2D eigenvalue weighted by molar-refractivity contribution is 7.80. The smallest absolute Gasteiger partial charge is 0.294 e. The van der Waals surface area contributed by atoms with Gasteiger partial charge >= 0.3 is 0 Å². The number of ether oxygens (including phenoxy) is 1. The number of hydrogen-bond donors (Lipinski definition) is 3. The summed E-state index contributed by atoms with van der Waals surface area (Å²) in [6.45, 7) is 0. The van der Waals surface area contributed by atoms with E-state index >= 15 is 0 Å². The van der Waals surface area contributed by atoms with Gasteiger partial charge in [0.05, 0.1) is 12.8 Å². The Bertz CT molecular complexity index is 992. The number of aromatic nitrogens is 2. The van der Waals surface area contributed by atoms with Gasteiger partial charge in [0, 0.05) is 5.69 Å². The molecule has 2 aromatic carbocycles. The summed E-state index contributed by atoms with van der Waals surface area (Å²) in [6.07, 6.45) is 0. The maximum atomic E-state index is 12.1. The Kier molecular flexibility index (Phi) is 5.09. The molecule has 0 radical (unpaired) electrons. The lowest BCUT2D eigenvalue weighted by molar-refractivity contribution is 0.415. The Labute approximate surface area is 154 Å². The van der Waals surface area contributed by atoms with Crippen molar-refractivity contribution in [2.75, 3.05) is 18.2 Å². The fourth-order valence-electron chi connectivity index (χ4n) is 2.15. The number of thiocarbonyl (C=S) groups is 1. The van der Waals surface area contributed by atoms with Crippen LogP contribution in [0.5, 0.6) is 5.75 Å². The number of hydrogen-bond acceptors (Lipinski definition) is 6.